The van der Waals surface area contributed by atoms with Gasteiger partial charge in [-0.3, -0.25) is 0 Å². The average molecular weight is 231 g/mol. The predicted molar refractivity (Wildman–Crippen MR) is 75.7 cm³/mol. The van der Waals surface area contributed by atoms with Gasteiger partial charge in [0.15, 0.2) is 0 Å². The summed E-state index contributed by atoms with van der Waals surface area (Å²) < 4.78 is 0. The lowest BCUT2D eigenvalue weighted by atomic mass is 9.91. The second kappa shape index (κ2) is 4.36. The summed E-state index contributed by atoms with van der Waals surface area (Å²) in [6.45, 7) is 11.3. The van der Waals surface area contributed by atoms with Gasteiger partial charge in [-0.25, -0.2) is 0 Å². The molecule has 1 heteroatoms. The maximum Gasteiger partial charge on any atom is 0.0401 e. The van der Waals surface area contributed by atoms with Gasteiger partial charge in [-0.1, -0.05) is 31.5 Å². The van der Waals surface area contributed by atoms with Crippen LogP contribution in [0.5, 0.6) is 0 Å². The van der Waals surface area contributed by atoms with E-state index >= 15 is 0 Å². The molecule has 1 aliphatic carbocycles. The van der Waals surface area contributed by atoms with Gasteiger partial charge in [0, 0.05) is 11.7 Å². The molecule has 0 bridgehead atoms. The van der Waals surface area contributed by atoms with Gasteiger partial charge in [-0.15, -0.1) is 0 Å². The molecule has 1 aromatic rings. The van der Waals surface area contributed by atoms with Crippen LogP contribution in [0.1, 0.15) is 49.8 Å². The maximum absolute atomic E-state index is 3.76. The van der Waals surface area contributed by atoms with Crippen LogP contribution in [0.4, 0.5) is 5.69 Å². The van der Waals surface area contributed by atoms with E-state index in [9.17, 15) is 0 Å². The van der Waals surface area contributed by atoms with Crippen molar-refractivity contribution in [2.24, 2.45) is 5.41 Å². The van der Waals surface area contributed by atoms with Crippen LogP contribution in [0, 0.1) is 26.2 Å². The van der Waals surface area contributed by atoms with Crippen LogP contribution < -0.4 is 5.32 Å². The maximum atomic E-state index is 3.76. The van der Waals surface area contributed by atoms with Gasteiger partial charge in [-0.2, -0.15) is 0 Å². The number of anilines is 1. The molecule has 1 saturated carbocycles. The summed E-state index contributed by atoms with van der Waals surface area (Å²) in [5.74, 6) is 0. The summed E-state index contributed by atoms with van der Waals surface area (Å²) in [7, 11) is 0. The van der Waals surface area contributed by atoms with Crippen molar-refractivity contribution in [1.82, 2.24) is 0 Å². The Balaban J connectivity index is 2.15. The van der Waals surface area contributed by atoms with Crippen LogP contribution in [0.15, 0.2) is 12.1 Å². The fraction of sp³-hybridized carbons (Fsp3) is 0.625. The molecule has 0 aliphatic heterocycles. The Hall–Kier alpha value is -0.980. The summed E-state index contributed by atoms with van der Waals surface area (Å²) in [6.07, 6.45) is 3.94. The van der Waals surface area contributed by atoms with Crippen molar-refractivity contribution in [3.63, 3.8) is 0 Å². The number of rotatable bonds is 2. The molecule has 0 amide bonds. The Labute approximate surface area is 106 Å². The molecule has 1 unspecified atom stereocenters. The van der Waals surface area contributed by atoms with E-state index in [0.29, 0.717) is 11.5 Å². The molecule has 1 aliphatic rings. The lowest BCUT2D eigenvalue weighted by Crippen LogP contribution is -2.18. The largest absolute Gasteiger partial charge is 0.382 e. The van der Waals surface area contributed by atoms with Gasteiger partial charge in [-0.05, 0) is 56.6 Å². The topological polar surface area (TPSA) is 12.0 Å². The highest BCUT2D eigenvalue weighted by molar-refractivity contribution is 5.58. The van der Waals surface area contributed by atoms with Gasteiger partial charge < -0.3 is 5.32 Å². The van der Waals surface area contributed by atoms with Crippen LogP contribution in [0.3, 0.4) is 0 Å². The first kappa shape index (κ1) is 12.5. The van der Waals surface area contributed by atoms with Crippen LogP contribution in [-0.4, -0.2) is 6.04 Å². The monoisotopic (exact) mass is 231 g/mol. The van der Waals surface area contributed by atoms with E-state index in [0.717, 1.165) is 0 Å². The highest BCUT2D eigenvalue weighted by Crippen LogP contribution is 2.39. The highest BCUT2D eigenvalue weighted by atomic mass is 14.9. The Bertz CT molecular complexity index is 395. The van der Waals surface area contributed by atoms with E-state index < -0.39 is 0 Å². The molecule has 0 radical (unpaired) electrons. The first-order valence-corrected chi connectivity index (χ1v) is 6.72. The molecular weight excluding hydrogens is 206 g/mol. The molecule has 1 nitrogen and oxygen atoms in total. The van der Waals surface area contributed by atoms with Crippen molar-refractivity contribution in [3.05, 3.63) is 28.8 Å². The minimum atomic E-state index is 0.518. The second-order valence-electron chi connectivity index (χ2n) is 6.52. The first-order valence-electron chi connectivity index (χ1n) is 6.72. The zero-order chi connectivity index (χ0) is 12.6. The predicted octanol–water partition coefficient (Wildman–Crippen LogP) is 4.60. The molecule has 0 saturated heterocycles. The fourth-order valence-corrected chi connectivity index (χ4v) is 3.17. The standard InChI is InChI=1S/C16H25N/c1-11-8-12(2)15(13(3)9-11)17-14-6-7-16(4,5)10-14/h8-9,14,17H,6-7,10H2,1-5H3. The van der Waals surface area contributed by atoms with Gasteiger partial charge in [0.1, 0.15) is 0 Å². The van der Waals surface area contributed by atoms with Crippen LogP contribution in [0.25, 0.3) is 0 Å². The number of aryl methyl sites for hydroxylation is 3. The van der Waals surface area contributed by atoms with Crippen LogP contribution in [-0.2, 0) is 0 Å². The van der Waals surface area contributed by atoms with Gasteiger partial charge in [0.2, 0.25) is 0 Å². The van der Waals surface area contributed by atoms with Crippen LogP contribution in [0.2, 0.25) is 0 Å². The molecular formula is C16H25N. The highest BCUT2D eigenvalue weighted by Gasteiger charge is 2.31. The number of hydrogen-bond donors (Lipinski definition) is 1. The summed E-state index contributed by atoms with van der Waals surface area (Å²) in [4.78, 5) is 0. The third-order valence-corrected chi connectivity index (χ3v) is 3.99. The number of benzene rings is 1. The number of nitrogens with one attached hydrogen (secondary N) is 1. The molecule has 0 aromatic heterocycles. The van der Waals surface area contributed by atoms with E-state index in [2.05, 4.69) is 52.1 Å². The Kier molecular flexibility index (Phi) is 3.20. The molecule has 94 valence electrons. The zero-order valence-electron chi connectivity index (χ0n) is 11.9. The minimum Gasteiger partial charge on any atom is -0.382 e. The van der Waals surface area contributed by atoms with Gasteiger partial charge in [0.25, 0.3) is 0 Å². The first-order chi connectivity index (χ1) is 7.87. The van der Waals surface area contributed by atoms with Crippen molar-refractivity contribution in [2.75, 3.05) is 5.32 Å². The van der Waals surface area contributed by atoms with E-state index in [1.165, 1.54) is 41.6 Å². The zero-order valence-corrected chi connectivity index (χ0v) is 11.9. The third-order valence-electron chi connectivity index (χ3n) is 3.99. The van der Waals surface area contributed by atoms with Crippen molar-refractivity contribution < 1.29 is 0 Å². The molecule has 1 aromatic carbocycles. The summed E-state index contributed by atoms with van der Waals surface area (Å²) >= 11 is 0. The lowest BCUT2D eigenvalue weighted by molar-refractivity contribution is 0.378. The Morgan fingerprint density at radius 1 is 1.12 bits per heavy atom. The summed E-state index contributed by atoms with van der Waals surface area (Å²) in [5, 5.41) is 3.76. The summed E-state index contributed by atoms with van der Waals surface area (Å²) in [6, 6.07) is 5.20. The fourth-order valence-electron chi connectivity index (χ4n) is 3.17. The third kappa shape index (κ3) is 2.83. The minimum absolute atomic E-state index is 0.518. The van der Waals surface area contributed by atoms with Crippen molar-refractivity contribution in [1.29, 1.82) is 0 Å². The van der Waals surface area contributed by atoms with Gasteiger partial charge in [0.05, 0.1) is 0 Å². The van der Waals surface area contributed by atoms with E-state index in [1.807, 2.05) is 0 Å². The normalized spacial score (nSPS) is 22.8. The van der Waals surface area contributed by atoms with Crippen molar-refractivity contribution >= 4 is 5.69 Å². The lowest BCUT2D eigenvalue weighted by Gasteiger charge is -2.21. The molecule has 0 heterocycles. The van der Waals surface area contributed by atoms with E-state index in [-0.39, 0.29) is 0 Å². The van der Waals surface area contributed by atoms with E-state index in [4.69, 9.17) is 0 Å². The molecule has 2 rings (SSSR count). The Morgan fingerprint density at radius 3 is 2.18 bits per heavy atom. The SMILES string of the molecule is Cc1cc(C)c(NC2CCC(C)(C)C2)c(C)c1. The second-order valence-corrected chi connectivity index (χ2v) is 6.52. The number of hydrogen-bond acceptors (Lipinski definition) is 1. The summed E-state index contributed by atoms with van der Waals surface area (Å²) in [5.41, 5.74) is 6.00. The van der Waals surface area contributed by atoms with Crippen LogP contribution >= 0.6 is 0 Å². The molecule has 1 atom stereocenters. The molecule has 0 spiro atoms. The average Bonchev–Trinajstić information content (AvgIpc) is 2.52. The molecule has 17 heavy (non-hydrogen) atoms. The molecule has 1 N–H and O–H groups in total. The van der Waals surface area contributed by atoms with Gasteiger partial charge >= 0.3 is 0 Å². The van der Waals surface area contributed by atoms with E-state index in [1.54, 1.807) is 0 Å². The quantitative estimate of drug-likeness (QED) is 0.784. The Morgan fingerprint density at radius 2 is 1.71 bits per heavy atom. The van der Waals surface area contributed by atoms with Crippen molar-refractivity contribution in [3.8, 4) is 0 Å². The smallest absolute Gasteiger partial charge is 0.0401 e. The molecule has 1 fully saturated rings. The van der Waals surface area contributed by atoms with Crippen molar-refractivity contribution in [2.45, 2.75) is 59.9 Å².